The van der Waals surface area contributed by atoms with Crippen LogP contribution >= 0.6 is 11.6 Å². The molecule has 0 aliphatic rings. The van der Waals surface area contributed by atoms with Crippen molar-refractivity contribution in [2.45, 2.75) is 6.61 Å². The first-order valence-corrected chi connectivity index (χ1v) is 8.97. The molecule has 0 amide bonds. The van der Waals surface area contributed by atoms with E-state index in [2.05, 4.69) is 4.98 Å². The van der Waals surface area contributed by atoms with Crippen LogP contribution in [0.1, 0.15) is 15.9 Å². The van der Waals surface area contributed by atoms with E-state index in [1.54, 1.807) is 67.0 Å². The summed E-state index contributed by atoms with van der Waals surface area (Å²) in [6.45, 7) is 0.0945. The lowest BCUT2D eigenvalue weighted by Crippen LogP contribution is -2.21. The van der Waals surface area contributed by atoms with Crippen LogP contribution in [0.15, 0.2) is 84.0 Å². The minimum atomic E-state index is -0.518. The topological polar surface area (TPSA) is 61.2 Å². The number of benzene rings is 2. The lowest BCUT2D eigenvalue weighted by Gasteiger charge is -2.12. The quantitative estimate of drug-likeness (QED) is 0.485. The molecule has 0 saturated heterocycles. The molecule has 138 valence electrons. The summed E-state index contributed by atoms with van der Waals surface area (Å²) >= 11 is 6.07. The van der Waals surface area contributed by atoms with Crippen molar-refractivity contribution >= 4 is 28.3 Å². The molecule has 4 aromatic rings. The lowest BCUT2D eigenvalue weighted by atomic mass is 10.1. The van der Waals surface area contributed by atoms with Gasteiger partial charge in [-0.3, -0.25) is 14.3 Å². The van der Waals surface area contributed by atoms with Crippen LogP contribution < -0.4 is 5.56 Å². The van der Waals surface area contributed by atoms with Gasteiger partial charge in [-0.2, -0.15) is 0 Å². The molecule has 0 aliphatic heterocycles. The maximum Gasteiger partial charge on any atom is 0.340 e. The van der Waals surface area contributed by atoms with E-state index in [4.69, 9.17) is 16.3 Å². The van der Waals surface area contributed by atoms with Crippen LogP contribution in [0.4, 0.5) is 0 Å². The Kier molecular flexibility index (Phi) is 4.91. The number of aromatic nitrogens is 2. The van der Waals surface area contributed by atoms with E-state index in [9.17, 15) is 9.59 Å². The average Bonchev–Trinajstić information content (AvgIpc) is 2.73. The van der Waals surface area contributed by atoms with Crippen molar-refractivity contribution in [3.05, 3.63) is 106 Å². The number of hydrogen-bond donors (Lipinski definition) is 0. The van der Waals surface area contributed by atoms with Gasteiger partial charge in [-0.05, 0) is 30.3 Å². The number of ether oxygens (including phenoxy) is 1. The molecule has 0 N–H and O–H groups in total. The van der Waals surface area contributed by atoms with Gasteiger partial charge >= 0.3 is 5.97 Å². The van der Waals surface area contributed by atoms with Gasteiger partial charge in [0.2, 0.25) is 0 Å². The zero-order chi connectivity index (χ0) is 19.5. The second-order valence-electron chi connectivity index (χ2n) is 6.18. The minimum Gasteiger partial charge on any atom is -0.457 e. The summed E-state index contributed by atoms with van der Waals surface area (Å²) in [7, 11) is 0. The third kappa shape index (κ3) is 3.52. The highest BCUT2D eigenvalue weighted by Gasteiger charge is 2.17. The second-order valence-corrected chi connectivity index (χ2v) is 6.62. The van der Waals surface area contributed by atoms with Crippen molar-refractivity contribution in [2.75, 3.05) is 0 Å². The summed E-state index contributed by atoms with van der Waals surface area (Å²) in [6.07, 6.45) is 4.79. The maximum absolute atomic E-state index is 13.0. The Labute approximate surface area is 165 Å². The molecule has 0 fully saturated rings. The fourth-order valence-corrected chi connectivity index (χ4v) is 3.17. The Balaban J connectivity index is 1.80. The Morgan fingerprint density at radius 2 is 1.86 bits per heavy atom. The van der Waals surface area contributed by atoms with E-state index in [0.717, 1.165) is 5.56 Å². The summed E-state index contributed by atoms with van der Waals surface area (Å²) < 4.78 is 6.87. The highest BCUT2D eigenvalue weighted by Crippen LogP contribution is 2.20. The standard InChI is InChI=1S/C22H15ClN2O3/c23-16-6-3-7-17(11-16)25-13-20(18-8-1-2-9-19(18)21(25)26)22(27)28-14-15-5-4-10-24-12-15/h1-13H,14H2. The number of pyridine rings is 2. The van der Waals surface area contributed by atoms with Gasteiger partial charge in [-0.15, -0.1) is 0 Å². The summed E-state index contributed by atoms with van der Waals surface area (Å²) in [5, 5.41) is 1.47. The molecule has 6 heteroatoms. The monoisotopic (exact) mass is 390 g/mol. The van der Waals surface area contributed by atoms with E-state index >= 15 is 0 Å². The smallest absolute Gasteiger partial charge is 0.340 e. The predicted octanol–water partition coefficient (Wildman–Crippen LogP) is 4.40. The van der Waals surface area contributed by atoms with E-state index < -0.39 is 5.97 Å². The van der Waals surface area contributed by atoms with Crippen molar-refractivity contribution < 1.29 is 9.53 Å². The van der Waals surface area contributed by atoms with Crippen molar-refractivity contribution in [2.24, 2.45) is 0 Å². The highest BCUT2D eigenvalue weighted by atomic mass is 35.5. The van der Waals surface area contributed by atoms with Gasteiger partial charge in [-0.1, -0.05) is 41.9 Å². The fraction of sp³-hybridized carbons (Fsp3) is 0.0455. The molecule has 0 bridgehead atoms. The van der Waals surface area contributed by atoms with Crippen molar-refractivity contribution in [1.29, 1.82) is 0 Å². The van der Waals surface area contributed by atoms with Crippen LogP contribution in [-0.2, 0) is 11.3 Å². The normalized spacial score (nSPS) is 10.8. The molecule has 2 aromatic heterocycles. The van der Waals surface area contributed by atoms with Crippen LogP contribution in [0.2, 0.25) is 5.02 Å². The summed E-state index contributed by atoms with van der Waals surface area (Å²) in [6, 6.07) is 17.5. The molecule has 0 atom stereocenters. The number of fused-ring (bicyclic) bond motifs is 1. The SMILES string of the molecule is O=C(OCc1cccnc1)c1cn(-c2cccc(Cl)c2)c(=O)c2ccccc12. The van der Waals surface area contributed by atoms with Crippen molar-refractivity contribution in [3.63, 3.8) is 0 Å². The number of carbonyl (C=O) groups is 1. The summed E-state index contributed by atoms with van der Waals surface area (Å²) in [4.78, 5) is 29.8. The minimum absolute atomic E-state index is 0.0945. The molecule has 2 heterocycles. The predicted molar refractivity (Wildman–Crippen MR) is 108 cm³/mol. The first-order valence-electron chi connectivity index (χ1n) is 8.60. The van der Waals surface area contributed by atoms with E-state index in [0.29, 0.717) is 27.0 Å². The van der Waals surface area contributed by atoms with Crippen molar-refractivity contribution in [3.8, 4) is 5.69 Å². The first kappa shape index (κ1) is 17.9. The molecule has 4 rings (SSSR count). The molecule has 0 saturated carbocycles. The van der Waals surface area contributed by atoms with Crippen LogP contribution in [0, 0.1) is 0 Å². The third-order valence-corrected chi connectivity index (χ3v) is 4.56. The molecule has 0 radical (unpaired) electrons. The summed E-state index contributed by atoms with van der Waals surface area (Å²) in [5.41, 5.74) is 1.42. The lowest BCUT2D eigenvalue weighted by molar-refractivity contribution is 0.0474. The Bertz CT molecular complexity index is 1220. The molecule has 28 heavy (non-hydrogen) atoms. The second kappa shape index (κ2) is 7.66. The number of carbonyl (C=O) groups excluding carboxylic acids is 1. The highest BCUT2D eigenvalue weighted by molar-refractivity contribution is 6.30. The first-order chi connectivity index (χ1) is 13.6. The Morgan fingerprint density at radius 3 is 2.61 bits per heavy atom. The van der Waals surface area contributed by atoms with Crippen LogP contribution in [-0.4, -0.2) is 15.5 Å². The van der Waals surface area contributed by atoms with E-state index in [1.165, 1.54) is 10.8 Å². The van der Waals surface area contributed by atoms with Crippen LogP contribution in [0.25, 0.3) is 16.5 Å². The zero-order valence-corrected chi connectivity index (χ0v) is 15.5. The molecule has 5 nitrogen and oxygen atoms in total. The summed E-state index contributed by atoms with van der Waals surface area (Å²) in [5.74, 6) is -0.518. The number of rotatable bonds is 4. The van der Waals surface area contributed by atoms with Crippen LogP contribution in [0.5, 0.6) is 0 Å². The van der Waals surface area contributed by atoms with Crippen LogP contribution in [0.3, 0.4) is 0 Å². The Morgan fingerprint density at radius 1 is 1.04 bits per heavy atom. The molecule has 0 unspecified atom stereocenters. The van der Waals surface area contributed by atoms with Gasteiger partial charge in [0.05, 0.1) is 11.3 Å². The third-order valence-electron chi connectivity index (χ3n) is 4.32. The van der Waals surface area contributed by atoms with Gasteiger partial charge in [0.25, 0.3) is 5.56 Å². The van der Waals surface area contributed by atoms with Gasteiger partial charge in [0, 0.05) is 39.9 Å². The fourth-order valence-electron chi connectivity index (χ4n) is 2.98. The number of halogens is 1. The average molecular weight is 391 g/mol. The largest absolute Gasteiger partial charge is 0.457 e. The van der Waals surface area contributed by atoms with Gasteiger partial charge in [0.1, 0.15) is 6.61 Å². The van der Waals surface area contributed by atoms with Crippen molar-refractivity contribution in [1.82, 2.24) is 9.55 Å². The number of hydrogen-bond acceptors (Lipinski definition) is 4. The molecule has 0 aliphatic carbocycles. The number of nitrogens with zero attached hydrogens (tertiary/aromatic N) is 2. The zero-order valence-electron chi connectivity index (χ0n) is 14.7. The van der Waals surface area contributed by atoms with E-state index in [1.807, 2.05) is 6.07 Å². The molecular weight excluding hydrogens is 376 g/mol. The maximum atomic E-state index is 13.0. The molecule has 2 aromatic carbocycles. The van der Waals surface area contributed by atoms with Gasteiger partial charge in [0.15, 0.2) is 0 Å². The molecular formula is C22H15ClN2O3. The van der Waals surface area contributed by atoms with Gasteiger partial charge in [-0.25, -0.2) is 4.79 Å². The number of esters is 1. The molecule has 0 spiro atoms. The Hall–Kier alpha value is -3.44. The van der Waals surface area contributed by atoms with E-state index in [-0.39, 0.29) is 12.2 Å². The van der Waals surface area contributed by atoms with Gasteiger partial charge < -0.3 is 4.74 Å².